The first-order chi connectivity index (χ1) is 11.5. The molecule has 1 aromatic carbocycles. The molecule has 0 spiro atoms. The fraction of sp³-hybridized carbons (Fsp3) is 0.333. The first-order valence-electron chi connectivity index (χ1n) is 7.91. The summed E-state index contributed by atoms with van der Waals surface area (Å²) in [4.78, 5) is 14.4. The monoisotopic (exact) mass is 343 g/mol. The van der Waals surface area contributed by atoms with Crippen molar-refractivity contribution in [3.8, 4) is 5.75 Å². The number of thiophene rings is 1. The largest absolute Gasteiger partial charge is 0.497 e. The molecule has 2 aromatic heterocycles. The Balaban J connectivity index is 1.81. The lowest BCUT2D eigenvalue weighted by atomic mass is 10.0. The molecule has 5 nitrogen and oxygen atoms in total. The SMILES string of the molecule is CCC(NC(=O)c1cc2c(C)nn(C)c2s1)c1ccc(OC)cc1. The summed E-state index contributed by atoms with van der Waals surface area (Å²) in [6, 6.07) is 9.72. The van der Waals surface area contributed by atoms with Crippen molar-refractivity contribution in [1.82, 2.24) is 15.1 Å². The third-order valence-electron chi connectivity index (χ3n) is 4.15. The van der Waals surface area contributed by atoms with Gasteiger partial charge in [-0.25, -0.2) is 0 Å². The maximum absolute atomic E-state index is 12.6. The predicted molar refractivity (Wildman–Crippen MR) is 96.8 cm³/mol. The van der Waals surface area contributed by atoms with E-state index in [2.05, 4.69) is 17.3 Å². The standard InChI is InChI=1S/C18H21N3O2S/c1-5-15(12-6-8-13(23-4)9-7-12)19-17(22)16-10-14-11(2)20-21(3)18(14)24-16/h6-10,15H,5H2,1-4H3,(H,19,22). The zero-order valence-corrected chi connectivity index (χ0v) is 15.1. The molecule has 1 atom stereocenters. The van der Waals surface area contributed by atoms with Crippen LogP contribution in [0, 0.1) is 6.92 Å². The summed E-state index contributed by atoms with van der Waals surface area (Å²) < 4.78 is 7.01. The van der Waals surface area contributed by atoms with Gasteiger partial charge in [0.05, 0.1) is 23.7 Å². The van der Waals surface area contributed by atoms with E-state index in [4.69, 9.17) is 4.74 Å². The first kappa shape index (κ1) is 16.5. The topological polar surface area (TPSA) is 56.2 Å². The summed E-state index contributed by atoms with van der Waals surface area (Å²) in [6.45, 7) is 4.02. The number of benzene rings is 1. The summed E-state index contributed by atoms with van der Waals surface area (Å²) >= 11 is 1.47. The van der Waals surface area contributed by atoms with Crippen LogP contribution in [-0.2, 0) is 7.05 Å². The van der Waals surface area contributed by atoms with Crippen molar-refractivity contribution in [2.45, 2.75) is 26.3 Å². The molecule has 1 unspecified atom stereocenters. The van der Waals surface area contributed by atoms with Gasteiger partial charge in [0.25, 0.3) is 5.91 Å². The number of amides is 1. The Morgan fingerprint density at radius 2 is 2.08 bits per heavy atom. The summed E-state index contributed by atoms with van der Waals surface area (Å²) in [6.07, 6.45) is 0.823. The fourth-order valence-corrected chi connectivity index (χ4v) is 3.83. The van der Waals surface area contributed by atoms with Gasteiger partial charge in [-0.3, -0.25) is 9.48 Å². The van der Waals surface area contributed by atoms with Gasteiger partial charge in [-0.15, -0.1) is 11.3 Å². The zero-order valence-electron chi connectivity index (χ0n) is 14.3. The Morgan fingerprint density at radius 3 is 2.67 bits per heavy atom. The lowest BCUT2D eigenvalue weighted by Gasteiger charge is -2.17. The predicted octanol–water partition coefficient (Wildman–Crippen LogP) is 3.83. The maximum Gasteiger partial charge on any atom is 0.261 e. The summed E-state index contributed by atoms with van der Waals surface area (Å²) in [5, 5.41) is 8.55. The highest BCUT2D eigenvalue weighted by atomic mass is 32.1. The van der Waals surface area contributed by atoms with Gasteiger partial charge < -0.3 is 10.1 Å². The van der Waals surface area contributed by atoms with Crippen molar-refractivity contribution in [1.29, 1.82) is 0 Å². The van der Waals surface area contributed by atoms with E-state index in [9.17, 15) is 4.79 Å². The van der Waals surface area contributed by atoms with E-state index in [1.54, 1.807) is 7.11 Å². The van der Waals surface area contributed by atoms with E-state index in [1.807, 2.05) is 49.0 Å². The Labute approximate surface area is 145 Å². The molecule has 0 aliphatic rings. The lowest BCUT2D eigenvalue weighted by molar-refractivity contribution is 0.0940. The second-order valence-electron chi connectivity index (χ2n) is 5.75. The van der Waals surface area contributed by atoms with E-state index in [0.717, 1.165) is 33.6 Å². The van der Waals surface area contributed by atoms with Crippen LogP contribution in [-0.4, -0.2) is 22.8 Å². The molecule has 1 N–H and O–H groups in total. The number of nitrogens with one attached hydrogen (secondary N) is 1. The maximum atomic E-state index is 12.6. The normalized spacial score (nSPS) is 12.3. The number of aryl methyl sites for hydroxylation is 2. The minimum absolute atomic E-state index is 0.0205. The van der Waals surface area contributed by atoms with Crippen molar-refractivity contribution in [2.24, 2.45) is 7.05 Å². The lowest BCUT2D eigenvalue weighted by Crippen LogP contribution is -2.27. The molecule has 0 fully saturated rings. The molecule has 0 radical (unpaired) electrons. The van der Waals surface area contributed by atoms with Gasteiger partial charge in [0.1, 0.15) is 10.6 Å². The number of hydrogen-bond donors (Lipinski definition) is 1. The molecule has 1 amide bonds. The van der Waals surface area contributed by atoms with Gasteiger partial charge in [0.15, 0.2) is 0 Å². The minimum Gasteiger partial charge on any atom is -0.497 e. The van der Waals surface area contributed by atoms with E-state index in [0.29, 0.717) is 4.88 Å². The third-order valence-corrected chi connectivity index (χ3v) is 5.35. The molecule has 2 heterocycles. The van der Waals surface area contributed by atoms with Gasteiger partial charge in [-0.05, 0) is 37.1 Å². The van der Waals surface area contributed by atoms with E-state index < -0.39 is 0 Å². The van der Waals surface area contributed by atoms with E-state index >= 15 is 0 Å². The average Bonchev–Trinajstić information content (AvgIpc) is 3.15. The molecule has 24 heavy (non-hydrogen) atoms. The number of methoxy groups -OCH3 is 1. The number of hydrogen-bond acceptors (Lipinski definition) is 4. The van der Waals surface area contributed by atoms with E-state index in [1.165, 1.54) is 11.3 Å². The molecule has 0 saturated heterocycles. The van der Waals surface area contributed by atoms with Crippen LogP contribution in [0.3, 0.4) is 0 Å². The van der Waals surface area contributed by atoms with Crippen molar-refractivity contribution >= 4 is 27.5 Å². The highest BCUT2D eigenvalue weighted by molar-refractivity contribution is 7.20. The smallest absolute Gasteiger partial charge is 0.261 e. The van der Waals surface area contributed by atoms with Crippen LogP contribution in [0.15, 0.2) is 30.3 Å². The van der Waals surface area contributed by atoms with Gasteiger partial charge in [0, 0.05) is 12.4 Å². The summed E-state index contributed by atoms with van der Waals surface area (Å²) in [7, 11) is 3.55. The molecule has 0 aliphatic heterocycles. The Kier molecular flexibility index (Phi) is 4.57. The van der Waals surface area contributed by atoms with Crippen molar-refractivity contribution in [3.63, 3.8) is 0 Å². The number of rotatable bonds is 5. The Hall–Kier alpha value is -2.34. The van der Waals surface area contributed by atoms with Gasteiger partial charge >= 0.3 is 0 Å². The van der Waals surface area contributed by atoms with Crippen molar-refractivity contribution in [3.05, 3.63) is 46.5 Å². The third kappa shape index (κ3) is 3.01. The molecule has 6 heteroatoms. The Bertz CT molecular complexity index is 830. The minimum atomic E-state index is -0.0433. The average molecular weight is 343 g/mol. The van der Waals surface area contributed by atoms with Crippen LogP contribution in [0.25, 0.3) is 10.2 Å². The zero-order chi connectivity index (χ0) is 17.3. The van der Waals surface area contributed by atoms with Crippen LogP contribution in [0.1, 0.15) is 40.3 Å². The first-order valence-corrected chi connectivity index (χ1v) is 8.73. The van der Waals surface area contributed by atoms with Crippen LogP contribution < -0.4 is 10.1 Å². The van der Waals surface area contributed by atoms with Crippen LogP contribution >= 0.6 is 11.3 Å². The highest BCUT2D eigenvalue weighted by Crippen LogP contribution is 2.28. The molecule has 3 rings (SSSR count). The Morgan fingerprint density at radius 1 is 1.38 bits per heavy atom. The van der Waals surface area contributed by atoms with Crippen molar-refractivity contribution < 1.29 is 9.53 Å². The molecular weight excluding hydrogens is 322 g/mol. The summed E-state index contributed by atoms with van der Waals surface area (Å²) in [5.74, 6) is 0.769. The molecular formula is C18H21N3O2S. The highest BCUT2D eigenvalue weighted by Gasteiger charge is 2.18. The second kappa shape index (κ2) is 6.65. The number of nitrogens with zero attached hydrogens (tertiary/aromatic N) is 2. The molecule has 3 aromatic rings. The summed E-state index contributed by atoms with van der Waals surface area (Å²) in [5.41, 5.74) is 2.02. The van der Waals surface area contributed by atoms with Crippen LogP contribution in [0.4, 0.5) is 0 Å². The van der Waals surface area contributed by atoms with Crippen LogP contribution in [0.5, 0.6) is 5.75 Å². The number of ether oxygens (including phenoxy) is 1. The van der Waals surface area contributed by atoms with E-state index in [-0.39, 0.29) is 11.9 Å². The fourth-order valence-electron chi connectivity index (χ4n) is 2.80. The van der Waals surface area contributed by atoms with Gasteiger partial charge in [0.2, 0.25) is 0 Å². The number of carbonyl (C=O) groups excluding carboxylic acids is 1. The second-order valence-corrected chi connectivity index (χ2v) is 6.78. The molecule has 0 bridgehead atoms. The quantitative estimate of drug-likeness (QED) is 0.766. The number of carbonyl (C=O) groups is 1. The number of fused-ring (bicyclic) bond motifs is 1. The molecule has 0 aliphatic carbocycles. The molecule has 0 saturated carbocycles. The van der Waals surface area contributed by atoms with Crippen molar-refractivity contribution in [2.75, 3.05) is 7.11 Å². The number of aromatic nitrogens is 2. The van der Waals surface area contributed by atoms with Gasteiger partial charge in [-0.1, -0.05) is 19.1 Å². The molecule has 126 valence electrons. The van der Waals surface area contributed by atoms with Crippen LogP contribution in [0.2, 0.25) is 0 Å². The van der Waals surface area contributed by atoms with Gasteiger partial charge in [-0.2, -0.15) is 5.10 Å².